The van der Waals surface area contributed by atoms with Gasteiger partial charge < -0.3 is 14.5 Å². The van der Waals surface area contributed by atoms with Crippen LogP contribution in [-0.4, -0.2) is 55.2 Å². The van der Waals surface area contributed by atoms with Crippen LogP contribution < -0.4 is 4.90 Å². The lowest BCUT2D eigenvalue weighted by Gasteiger charge is -2.29. The summed E-state index contributed by atoms with van der Waals surface area (Å²) in [6, 6.07) is 3.68. The normalized spacial score (nSPS) is 15.4. The molecule has 1 aliphatic heterocycles. The number of carbonyl (C=O) groups excluding carboxylic acids is 1. The molecule has 0 bridgehead atoms. The molecule has 5 heteroatoms. The van der Waals surface area contributed by atoms with Crippen molar-refractivity contribution in [3.05, 3.63) is 23.9 Å². The van der Waals surface area contributed by atoms with Gasteiger partial charge in [0.1, 0.15) is 5.82 Å². The maximum Gasteiger partial charge on any atom is 0.257 e. The van der Waals surface area contributed by atoms with Crippen LogP contribution in [-0.2, 0) is 4.74 Å². The van der Waals surface area contributed by atoms with Gasteiger partial charge in [0.2, 0.25) is 0 Å². The minimum absolute atomic E-state index is 0.0540. The number of hydrogen-bond acceptors (Lipinski definition) is 4. The van der Waals surface area contributed by atoms with E-state index in [4.69, 9.17) is 4.74 Å². The number of aromatic nitrogens is 1. The van der Waals surface area contributed by atoms with Gasteiger partial charge in [-0.1, -0.05) is 0 Å². The average Bonchev–Trinajstić information content (AvgIpc) is 2.49. The zero-order valence-electron chi connectivity index (χ0n) is 11.6. The lowest BCUT2D eigenvalue weighted by Crippen LogP contribution is -2.41. The van der Waals surface area contributed by atoms with Gasteiger partial charge in [-0.05, 0) is 26.0 Å². The van der Waals surface area contributed by atoms with Crippen molar-refractivity contribution in [2.45, 2.75) is 13.8 Å². The van der Waals surface area contributed by atoms with E-state index < -0.39 is 0 Å². The van der Waals surface area contributed by atoms with Crippen molar-refractivity contribution < 1.29 is 9.53 Å². The van der Waals surface area contributed by atoms with Crippen molar-refractivity contribution in [3.8, 4) is 0 Å². The minimum Gasteiger partial charge on any atom is -0.378 e. The van der Waals surface area contributed by atoms with Crippen LogP contribution >= 0.6 is 0 Å². The van der Waals surface area contributed by atoms with Gasteiger partial charge in [0.25, 0.3) is 5.91 Å². The summed E-state index contributed by atoms with van der Waals surface area (Å²) in [6.07, 6.45) is 1.74. The Balaban J connectivity index is 2.25. The quantitative estimate of drug-likeness (QED) is 0.824. The van der Waals surface area contributed by atoms with E-state index in [9.17, 15) is 4.79 Å². The van der Waals surface area contributed by atoms with E-state index in [-0.39, 0.29) is 5.91 Å². The Kier molecular flexibility index (Phi) is 4.74. The molecule has 0 aromatic carbocycles. The van der Waals surface area contributed by atoms with Crippen LogP contribution in [0, 0.1) is 0 Å². The molecule has 1 aromatic rings. The van der Waals surface area contributed by atoms with Crippen LogP contribution in [0.15, 0.2) is 18.3 Å². The van der Waals surface area contributed by atoms with Gasteiger partial charge in [0.05, 0.1) is 18.8 Å². The van der Waals surface area contributed by atoms with E-state index in [0.29, 0.717) is 31.9 Å². The molecule has 104 valence electrons. The maximum atomic E-state index is 12.6. The second-order valence-electron chi connectivity index (χ2n) is 4.45. The predicted octanol–water partition coefficient (Wildman–Crippen LogP) is 1.40. The van der Waals surface area contributed by atoms with E-state index in [2.05, 4.69) is 23.7 Å². The summed E-state index contributed by atoms with van der Waals surface area (Å²) in [5.74, 6) is 0.835. The molecule has 2 heterocycles. The highest BCUT2D eigenvalue weighted by atomic mass is 16.5. The van der Waals surface area contributed by atoms with E-state index >= 15 is 0 Å². The number of nitrogens with zero attached hydrogens (tertiary/aromatic N) is 3. The van der Waals surface area contributed by atoms with Crippen molar-refractivity contribution in [1.29, 1.82) is 0 Å². The highest BCUT2D eigenvalue weighted by molar-refractivity contribution is 5.99. The molecule has 0 radical (unpaired) electrons. The van der Waals surface area contributed by atoms with Crippen LogP contribution in [0.4, 0.5) is 5.82 Å². The molecule has 1 amide bonds. The van der Waals surface area contributed by atoms with Crippen molar-refractivity contribution in [2.24, 2.45) is 0 Å². The van der Waals surface area contributed by atoms with E-state index in [1.54, 1.807) is 6.20 Å². The van der Waals surface area contributed by atoms with E-state index in [0.717, 1.165) is 18.9 Å². The van der Waals surface area contributed by atoms with Crippen molar-refractivity contribution >= 4 is 11.7 Å². The van der Waals surface area contributed by atoms with Gasteiger partial charge in [0.15, 0.2) is 0 Å². The topological polar surface area (TPSA) is 45.7 Å². The lowest BCUT2D eigenvalue weighted by molar-refractivity contribution is 0.0303. The number of ether oxygens (including phenoxy) is 1. The largest absolute Gasteiger partial charge is 0.378 e. The molecule has 1 aromatic heterocycles. The van der Waals surface area contributed by atoms with Crippen molar-refractivity contribution in [2.75, 3.05) is 44.3 Å². The summed E-state index contributed by atoms with van der Waals surface area (Å²) >= 11 is 0. The zero-order valence-corrected chi connectivity index (χ0v) is 11.6. The third-order valence-electron chi connectivity index (χ3n) is 3.38. The Labute approximate surface area is 114 Å². The standard InChI is InChI=1S/C14H21N3O2/c1-3-16(4-2)13-12(6-5-7-15-13)14(18)17-8-10-19-11-9-17/h5-7H,3-4,8-11H2,1-2H3. The first-order valence-corrected chi connectivity index (χ1v) is 6.84. The Morgan fingerprint density at radius 1 is 1.37 bits per heavy atom. The number of carbonyl (C=O) groups is 1. The van der Waals surface area contributed by atoms with Crippen LogP contribution in [0.3, 0.4) is 0 Å². The highest BCUT2D eigenvalue weighted by Gasteiger charge is 2.22. The monoisotopic (exact) mass is 263 g/mol. The third-order valence-corrected chi connectivity index (χ3v) is 3.38. The summed E-state index contributed by atoms with van der Waals surface area (Å²) in [5.41, 5.74) is 0.688. The Morgan fingerprint density at radius 2 is 2.05 bits per heavy atom. The number of amides is 1. The number of anilines is 1. The predicted molar refractivity (Wildman–Crippen MR) is 74.5 cm³/mol. The van der Waals surface area contributed by atoms with Gasteiger partial charge in [-0.3, -0.25) is 4.79 Å². The van der Waals surface area contributed by atoms with Crippen molar-refractivity contribution in [1.82, 2.24) is 9.88 Å². The van der Waals surface area contributed by atoms with E-state index in [1.807, 2.05) is 17.0 Å². The number of morpholine rings is 1. The fourth-order valence-electron chi connectivity index (χ4n) is 2.28. The molecule has 1 saturated heterocycles. The first-order chi connectivity index (χ1) is 9.27. The molecule has 0 spiro atoms. The van der Waals surface area contributed by atoms with Gasteiger partial charge in [-0.15, -0.1) is 0 Å². The minimum atomic E-state index is 0.0540. The second-order valence-corrected chi connectivity index (χ2v) is 4.45. The Bertz CT molecular complexity index is 426. The molecule has 1 fully saturated rings. The summed E-state index contributed by atoms with van der Waals surface area (Å²) in [6.45, 7) is 8.38. The number of hydrogen-bond donors (Lipinski definition) is 0. The smallest absolute Gasteiger partial charge is 0.257 e. The van der Waals surface area contributed by atoms with Crippen LogP contribution in [0.5, 0.6) is 0 Å². The first-order valence-electron chi connectivity index (χ1n) is 6.84. The fraction of sp³-hybridized carbons (Fsp3) is 0.571. The maximum absolute atomic E-state index is 12.6. The van der Waals surface area contributed by atoms with E-state index in [1.165, 1.54) is 0 Å². The molecular weight excluding hydrogens is 242 g/mol. The molecule has 19 heavy (non-hydrogen) atoms. The molecule has 0 unspecified atom stereocenters. The number of pyridine rings is 1. The second kappa shape index (κ2) is 6.52. The Morgan fingerprint density at radius 3 is 2.68 bits per heavy atom. The highest BCUT2D eigenvalue weighted by Crippen LogP contribution is 2.19. The third kappa shape index (κ3) is 3.04. The molecule has 0 N–H and O–H groups in total. The molecule has 0 aliphatic carbocycles. The Hall–Kier alpha value is -1.62. The lowest BCUT2D eigenvalue weighted by atomic mass is 10.2. The number of rotatable bonds is 4. The SMILES string of the molecule is CCN(CC)c1ncccc1C(=O)N1CCOCC1. The summed E-state index contributed by atoms with van der Waals surface area (Å²) < 4.78 is 5.29. The average molecular weight is 263 g/mol. The summed E-state index contributed by atoms with van der Waals surface area (Å²) in [5, 5.41) is 0. The molecule has 0 atom stereocenters. The summed E-state index contributed by atoms with van der Waals surface area (Å²) in [7, 11) is 0. The summed E-state index contributed by atoms with van der Waals surface area (Å²) in [4.78, 5) is 20.9. The van der Waals surface area contributed by atoms with Gasteiger partial charge in [0, 0.05) is 32.4 Å². The molecule has 2 rings (SSSR count). The molecule has 5 nitrogen and oxygen atoms in total. The van der Waals surface area contributed by atoms with Gasteiger partial charge >= 0.3 is 0 Å². The zero-order chi connectivity index (χ0) is 13.7. The van der Waals surface area contributed by atoms with Gasteiger partial charge in [-0.2, -0.15) is 0 Å². The first kappa shape index (κ1) is 13.8. The van der Waals surface area contributed by atoms with Crippen LogP contribution in [0.2, 0.25) is 0 Å². The van der Waals surface area contributed by atoms with Crippen LogP contribution in [0.25, 0.3) is 0 Å². The van der Waals surface area contributed by atoms with Gasteiger partial charge in [-0.25, -0.2) is 4.98 Å². The molecule has 1 aliphatic rings. The molecule has 0 saturated carbocycles. The molecular formula is C14H21N3O2. The fourth-order valence-corrected chi connectivity index (χ4v) is 2.28. The van der Waals surface area contributed by atoms with Crippen molar-refractivity contribution in [3.63, 3.8) is 0 Å². The van der Waals surface area contributed by atoms with Crippen LogP contribution in [0.1, 0.15) is 24.2 Å².